The molecule has 0 radical (unpaired) electrons. The number of carbonyl (C=O) groups is 1. The summed E-state index contributed by atoms with van der Waals surface area (Å²) in [5.74, 6) is -0.314. The number of Topliss-reactive ketones (excluding diaryl/α,β-unsaturated/α-hetero) is 1. The highest BCUT2D eigenvalue weighted by Gasteiger charge is 2.43. The molecule has 9 heteroatoms. The first kappa shape index (κ1) is 22.3. The van der Waals surface area contributed by atoms with Gasteiger partial charge in [0.25, 0.3) is 5.56 Å². The Balaban J connectivity index is 2.37. The van der Waals surface area contributed by atoms with Crippen molar-refractivity contribution < 1.29 is 14.0 Å². The van der Waals surface area contributed by atoms with Gasteiger partial charge < -0.3 is 14.1 Å². The summed E-state index contributed by atoms with van der Waals surface area (Å²) in [4.78, 5) is 40.9. The van der Waals surface area contributed by atoms with Crippen molar-refractivity contribution in [2.24, 2.45) is 0 Å². The number of carbonyl (C=O) groups excluding carboxylic acids is 1. The van der Waals surface area contributed by atoms with Crippen LogP contribution < -0.4 is 11.2 Å². The van der Waals surface area contributed by atoms with Crippen LogP contribution in [0.25, 0.3) is 0 Å². The smallest absolute Gasteiger partial charge is 0.330 e. The topological polar surface area (TPSA) is 93.6 Å². The van der Waals surface area contributed by atoms with Crippen molar-refractivity contribution in [1.29, 1.82) is 0 Å². The number of aromatic nitrogens is 2. The first-order valence-electron chi connectivity index (χ1n) is 9.28. The summed E-state index contributed by atoms with van der Waals surface area (Å²) in [5, 5.41) is 0.0212. The Bertz CT molecular complexity index is 892. The molecule has 2 heterocycles. The highest BCUT2D eigenvalue weighted by molar-refractivity contribution is 6.74. The Hall–Kier alpha value is -1.97. The molecule has 2 atom stereocenters. The van der Waals surface area contributed by atoms with Crippen molar-refractivity contribution in [3.63, 3.8) is 0 Å². The molecule has 0 aliphatic carbocycles. The molecule has 1 N–H and O–H groups in total. The van der Waals surface area contributed by atoms with E-state index in [1.165, 1.54) is 6.20 Å². The Morgan fingerprint density at radius 2 is 1.89 bits per heavy atom. The lowest BCUT2D eigenvalue weighted by molar-refractivity contribution is -0.126. The maximum absolute atomic E-state index is 13.0. The first-order chi connectivity index (χ1) is 12.7. The summed E-state index contributed by atoms with van der Waals surface area (Å²) in [5.41, 5.74) is -0.378. The fourth-order valence-corrected chi connectivity index (χ4v) is 3.60. The minimum Gasteiger partial charge on any atom is -0.414 e. The van der Waals surface area contributed by atoms with E-state index >= 15 is 0 Å². The molecule has 1 aromatic rings. The fourth-order valence-electron chi connectivity index (χ4n) is 2.60. The molecule has 1 aliphatic rings. The van der Waals surface area contributed by atoms with Gasteiger partial charge in [-0.3, -0.25) is 19.1 Å². The number of H-pyrrole nitrogens is 1. The van der Waals surface area contributed by atoms with Crippen LogP contribution in [-0.4, -0.2) is 55.4 Å². The molecular formula is C19H31N3O5Si. The lowest BCUT2D eigenvalue weighted by atomic mass is 10.1. The molecule has 1 saturated heterocycles. The Labute approximate surface area is 166 Å². The monoisotopic (exact) mass is 409 g/mol. The van der Waals surface area contributed by atoms with Crippen LogP contribution in [0.5, 0.6) is 0 Å². The summed E-state index contributed by atoms with van der Waals surface area (Å²) < 4.78 is 13.3. The van der Waals surface area contributed by atoms with Gasteiger partial charge in [-0.05, 0) is 25.1 Å². The molecule has 1 aromatic heterocycles. The molecular weight excluding hydrogens is 378 g/mol. The normalized spacial score (nSPS) is 22.1. The second-order valence-corrected chi connectivity index (χ2v) is 13.7. The van der Waals surface area contributed by atoms with Gasteiger partial charge in [0, 0.05) is 37.6 Å². The van der Waals surface area contributed by atoms with Gasteiger partial charge in [-0.25, -0.2) is 4.79 Å². The second-order valence-electron chi connectivity index (χ2n) is 8.94. The van der Waals surface area contributed by atoms with Gasteiger partial charge in [0.15, 0.2) is 8.32 Å². The average Bonchev–Trinajstić information content (AvgIpc) is 2.84. The number of rotatable bonds is 5. The van der Waals surface area contributed by atoms with E-state index in [1.54, 1.807) is 18.0 Å². The van der Waals surface area contributed by atoms with Crippen LogP contribution in [0.3, 0.4) is 0 Å². The van der Waals surface area contributed by atoms with Crippen LogP contribution in [0.4, 0.5) is 0 Å². The molecule has 1 aliphatic heterocycles. The van der Waals surface area contributed by atoms with E-state index in [0.29, 0.717) is 11.1 Å². The Kier molecular flexibility index (Phi) is 6.22. The van der Waals surface area contributed by atoms with Gasteiger partial charge in [-0.1, -0.05) is 20.8 Å². The van der Waals surface area contributed by atoms with E-state index in [1.807, 2.05) is 14.1 Å². The van der Waals surface area contributed by atoms with Crippen LogP contribution in [-0.2, 0) is 14.0 Å². The van der Waals surface area contributed by atoms with Crippen molar-refractivity contribution in [2.75, 3.05) is 20.7 Å². The highest BCUT2D eigenvalue weighted by Crippen LogP contribution is 2.38. The van der Waals surface area contributed by atoms with Crippen molar-refractivity contribution in [1.82, 2.24) is 14.5 Å². The van der Waals surface area contributed by atoms with Gasteiger partial charge in [0.2, 0.25) is 12.0 Å². The zero-order valence-corrected chi connectivity index (χ0v) is 19.0. The molecule has 0 unspecified atom stereocenters. The summed E-state index contributed by atoms with van der Waals surface area (Å²) in [6.07, 6.45) is 1.34. The standard InChI is InChI=1S/C19H31N3O5Si/c1-12-9-22(18(25)20-16(12)24)17-15(23)13(10-21(5)6)14(27-17)11-26-28(7,8)19(2,3)4/h9-10,14,17H,11H2,1-8H3,(H,20,24,25)/t14-,17-/m1/s1. The van der Waals surface area contributed by atoms with Crippen molar-refractivity contribution >= 4 is 14.1 Å². The lowest BCUT2D eigenvalue weighted by Gasteiger charge is -2.36. The van der Waals surface area contributed by atoms with Crippen LogP contribution in [0, 0.1) is 6.92 Å². The maximum Gasteiger partial charge on any atom is 0.330 e. The van der Waals surface area contributed by atoms with Gasteiger partial charge in [-0.2, -0.15) is 0 Å². The summed E-state index contributed by atoms with van der Waals surface area (Å²) in [6, 6.07) is 0. The SMILES string of the molecule is Cc1cn([C@@H]2O[C@H](CO[Si](C)(C)C(C)(C)C)C(=CN(C)C)C2=O)c(=O)[nH]c1=O. The third-order valence-corrected chi connectivity index (χ3v) is 9.85. The van der Waals surface area contributed by atoms with Crippen molar-refractivity contribution in [3.05, 3.63) is 44.4 Å². The zero-order valence-electron chi connectivity index (χ0n) is 18.0. The molecule has 8 nitrogen and oxygen atoms in total. The minimum absolute atomic E-state index is 0.0212. The van der Waals surface area contributed by atoms with Crippen LogP contribution >= 0.6 is 0 Å². The molecule has 28 heavy (non-hydrogen) atoms. The predicted octanol–water partition coefficient (Wildman–Crippen LogP) is 1.78. The highest BCUT2D eigenvalue weighted by atomic mass is 28.4. The molecule has 2 rings (SSSR count). The summed E-state index contributed by atoms with van der Waals surface area (Å²) in [7, 11) is 1.59. The van der Waals surface area contributed by atoms with E-state index in [4.69, 9.17) is 9.16 Å². The molecule has 1 fully saturated rings. The molecule has 0 aromatic carbocycles. The van der Waals surface area contributed by atoms with E-state index in [9.17, 15) is 14.4 Å². The number of ether oxygens (including phenoxy) is 1. The molecule has 0 bridgehead atoms. The van der Waals surface area contributed by atoms with Gasteiger partial charge in [-0.15, -0.1) is 0 Å². The lowest BCUT2D eigenvalue weighted by Crippen LogP contribution is -2.43. The number of ketones is 1. The second kappa shape index (κ2) is 7.80. The largest absolute Gasteiger partial charge is 0.414 e. The quantitative estimate of drug-likeness (QED) is 0.589. The van der Waals surface area contributed by atoms with Crippen LogP contribution in [0.2, 0.25) is 18.1 Å². The fraction of sp³-hybridized carbons (Fsp3) is 0.632. The number of aromatic amines is 1. The molecule has 0 saturated carbocycles. The van der Waals surface area contributed by atoms with E-state index in [-0.39, 0.29) is 17.4 Å². The van der Waals surface area contributed by atoms with Gasteiger partial charge >= 0.3 is 5.69 Å². The Morgan fingerprint density at radius 3 is 2.43 bits per heavy atom. The van der Waals surface area contributed by atoms with Crippen LogP contribution in [0.15, 0.2) is 27.6 Å². The first-order valence-corrected chi connectivity index (χ1v) is 12.2. The summed E-state index contributed by atoms with van der Waals surface area (Å²) in [6.45, 7) is 12.5. The van der Waals surface area contributed by atoms with Gasteiger partial charge in [0.05, 0.1) is 6.61 Å². The number of hydrogen-bond acceptors (Lipinski definition) is 6. The maximum atomic E-state index is 13.0. The number of hydrogen-bond donors (Lipinski definition) is 1. The molecule has 156 valence electrons. The van der Waals surface area contributed by atoms with E-state index < -0.39 is 31.9 Å². The van der Waals surface area contributed by atoms with E-state index in [0.717, 1.165) is 4.57 Å². The minimum atomic E-state index is -2.04. The number of aryl methyl sites for hydroxylation is 1. The third-order valence-electron chi connectivity index (χ3n) is 5.35. The zero-order chi connectivity index (χ0) is 21.4. The van der Waals surface area contributed by atoms with E-state index in [2.05, 4.69) is 38.8 Å². The third kappa shape index (κ3) is 4.53. The molecule has 0 spiro atoms. The number of nitrogens with one attached hydrogen (secondary N) is 1. The predicted molar refractivity (Wildman–Crippen MR) is 110 cm³/mol. The van der Waals surface area contributed by atoms with Gasteiger partial charge in [0.1, 0.15) is 6.10 Å². The van der Waals surface area contributed by atoms with Crippen molar-refractivity contribution in [2.45, 2.75) is 58.2 Å². The summed E-state index contributed by atoms with van der Waals surface area (Å²) >= 11 is 0. The molecule has 0 amide bonds. The van der Waals surface area contributed by atoms with Crippen LogP contribution in [0.1, 0.15) is 32.6 Å². The van der Waals surface area contributed by atoms with Crippen molar-refractivity contribution in [3.8, 4) is 0 Å². The number of nitrogens with zero attached hydrogens (tertiary/aromatic N) is 2. The Morgan fingerprint density at radius 1 is 1.29 bits per heavy atom. The average molecular weight is 410 g/mol.